The summed E-state index contributed by atoms with van der Waals surface area (Å²) in [5.41, 5.74) is 1.09. The Kier molecular flexibility index (Phi) is 4.28. The maximum absolute atomic E-state index is 10.8. The SMILES string of the molecule is C=CCOc1ccc([C@@H]2[NH2+][C@@H](C(=O)[O-])CS2)cc1. The lowest BCUT2D eigenvalue weighted by Gasteiger charge is -2.11. The Bertz CT molecular complexity index is 432. The van der Waals surface area contributed by atoms with Gasteiger partial charge in [0, 0.05) is 5.56 Å². The normalized spacial score (nSPS) is 22.7. The van der Waals surface area contributed by atoms with Crippen molar-refractivity contribution in [2.24, 2.45) is 0 Å². The summed E-state index contributed by atoms with van der Waals surface area (Å²) in [6.45, 7) is 4.07. The molecule has 2 rings (SSSR count). The van der Waals surface area contributed by atoms with Gasteiger partial charge in [0.25, 0.3) is 0 Å². The summed E-state index contributed by atoms with van der Waals surface area (Å²) in [4.78, 5) is 10.8. The molecule has 2 N–H and O–H groups in total. The zero-order valence-electron chi connectivity index (χ0n) is 9.87. The van der Waals surface area contributed by atoms with Crippen LogP contribution in [0.15, 0.2) is 36.9 Å². The molecule has 0 amide bonds. The first-order valence-electron chi connectivity index (χ1n) is 5.72. The number of hydrogen-bond donors (Lipinski definition) is 1. The molecule has 5 heteroatoms. The fourth-order valence-electron chi connectivity index (χ4n) is 1.79. The number of carboxylic acids is 1. The standard InChI is InChI=1S/C13H15NO3S/c1-2-7-17-10-5-3-9(4-6-10)12-14-11(8-18-12)13(15)16/h2-6,11-12,14H,1,7-8H2,(H,15,16)/t11-,12-/m1/s1. The van der Waals surface area contributed by atoms with Gasteiger partial charge in [-0.05, 0) is 24.3 Å². The first-order chi connectivity index (χ1) is 8.70. The second-order valence-corrected chi connectivity index (χ2v) is 5.22. The molecule has 96 valence electrons. The Morgan fingerprint density at radius 3 is 2.83 bits per heavy atom. The van der Waals surface area contributed by atoms with Crippen LogP contribution in [-0.2, 0) is 4.79 Å². The minimum atomic E-state index is -0.990. The van der Waals surface area contributed by atoms with E-state index in [1.54, 1.807) is 17.8 Å². The van der Waals surface area contributed by atoms with Crippen LogP contribution in [0.1, 0.15) is 10.9 Å². The predicted octanol–water partition coefficient (Wildman–Crippen LogP) is -0.321. The third-order valence-electron chi connectivity index (χ3n) is 2.74. The highest BCUT2D eigenvalue weighted by Gasteiger charge is 2.30. The van der Waals surface area contributed by atoms with Crippen molar-refractivity contribution in [2.75, 3.05) is 12.4 Å². The third kappa shape index (κ3) is 3.05. The molecule has 1 saturated heterocycles. The molecule has 4 nitrogen and oxygen atoms in total. The van der Waals surface area contributed by atoms with E-state index in [0.29, 0.717) is 12.4 Å². The van der Waals surface area contributed by atoms with Crippen molar-refractivity contribution in [3.05, 3.63) is 42.5 Å². The van der Waals surface area contributed by atoms with Crippen LogP contribution in [-0.4, -0.2) is 24.4 Å². The van der Waals surface area contributed by atoms with Crippen LogP contribution in [0.4, 0.5) is 0 Å². The van der Waals surface area contributed by atoms with Gasteiger partial charge >= 0.3 is 0 Å². The number of hydrogen-bond acceptors (Lipinski definition) is 4. The highest BCUT2D eigenvalue weighted by Crippen LogP contribution is 2.27. The molecule has 0 saturated carbocycles. The van der Waals surface area contributed by atoms with Crippen LogP contribution in [0, 0.1) is 0 Å². The van der Waals surface area contributed by atoms with Gasteiger partial charge in [0.15, 0.2) is 5.37 Å². The van der Waals surface area contributed by atoms with Crippen molar-refractivity contribution in [1.82, 2.24) is 0 Å². The van der Waals surface area contributed by atoms with E-state index in [1.807, 2.05) is 29.6 Å². The molecule has 1 aromatic rings. The average Bonchev–Trinajstić information content (AvgIpc) is 2.87. The molecule has 1 aromatic carbocycles. The molecule has 18 heavy (non-hydrogen) atoms. The zero-order valence-corrected chi connectivity index (χ0v) is 10.7. The van der Waals surface area contributed by atoms with E-state index in [9.17, 15) is 9.90 Å². The van der Waals surface area contributed by atoms with Crippen LogP contribution in [0.25, 0.3) is 0 Å². The van der Waals surface area contributed by atoms with Crippen molar-refractivity contribution in [3.8, 4) is 5.75 Å². The number of carbonyl (C=O) groups excluding carboxylic acids is 1. The fraction of sp³-hybridized carbons (Fsp3) is 0.308. The van der Waals surface area contributed by atoms with Gasteiger partial charge in [0.05, 0.1) is 5.75 Å². The topological polar surface area (TPSA) is 66.0 Å². The van der Waals surface area contributed by atoms with Gasteiger partial charge in [-0.3, -0.25) is 0 Å². The number of rotatable bonds is 5. The van der Waals surface area contributed by atoms with Crippen LogP contribution in [0.3, 0.4) is 0 Å². The van der Waals surface area contributed by atoms with E-state index in [-0.39, 0.29) is 5.37 Å². The molecule has 0 bridgehead atoms. The van der Waals surface area contributed by atoms with E-state index in [4.69, 9.17) is 4.74 Å². The second-order valence-electron chi connectivity index (χ2n) is 4.04. The highest BCUT2D eigenvalue weighted by atomic mass is 32.2. The quantitative estimate of drug-likeness (QED) is 0.741. The molecule has 1 fully saturated rings. The monoisotopic (exact) mass is 265 g/mol. The number of carboxylic acid groups (broad SMARTS) is 1. The lowest BCUT2D eigenvalue weighted by Crippen LogP contribution is -2.90. The van der Waals surface area contributed by atoms with E-state index >= 15 is 0 Å². The Morgan fingerprint density at radius 1 is 1.56 bits per heavy atom. The van der Waals surface area contributed by atoms with Crippen molar-refractivity contribution in [1.29, 1.82) is 0 Å². The van der Waals surface area contributed by atoms with Crippen LogP contribution >= 0.6 is 11.8 Å². The fourth-order valence-corrected chi connectivity index (χ4v) is 3.10. The molecular weight excluding hydrogens is 250 g/mol. The van der Waals surface area contributed by atoms with Gasteiger partial charge in [-0.1, -0.05) is 24.4 Å². The molecule has 0 aliphatic carbocycles. The van der Waals surface area contributed by atoms with Gasteiger partial charge in [-0.25, -0.2) is 0 Å². The van der Waals surface area contributed by atoms with Gasteiger partial charge < -0.3 is 20.0 Å². The van der Waals surface area contributed by atoms with Crippen molar-refractivity contribution >= 4 is 17.7 Å². The summed E-state index contributed by atoms with van der Waals surface area (Å²) < 4.78 is 5.39. The van der Waals surface area contributed by atoms with Crippen LogP contribution < -0.4 is 15.2 Å². The van der Waals surface area contributed by atoms with Crippen LogP contribution in [0.2, 0.25) is 0 Å². The maximum Gasteiger partial charge on any atom is 0.159 e. The molecule has 0 aromatic heterocycles. The number of carbonyl (C=O) groups is 1. The smallest absolute Gasteiger partial charge is 0.159 e. The van der Waals surface area contributed by atoms with Gasteiger partial charge in [-0.2, -0.15) is 0 Å². The molecule has 0 unspecified atom stereocenters. The number of thioether (sulfide) groups is 1. The molecule has 1 aliphatic rings. The van der Waals surface area contributed by atoms with E-state index in [1.165, 1.54) is 0 Å². The number of nitrogens with two attached hydrogens (primary N) is 1. The molecule has 0 radical (unpaired) electrons. The molecule has 2 atom stereocenters. The summed E-state index contributed by atoms with van der Waals surface area (Å²) >= 11 is 1.62. The second kappa shape index (κ2) is 5.93. The minimum absolute atomic E-state index is 0.126. The third-order valence-corrected chi connectivity index (χ3v) is 4.08. The molecule has 0 spiro atoms. The van der Waals surface area contributed by atoms with Gasteiger partial charge in [0.2, 0.25) is 0 Å². The number of quaternary nitrogens is 1. The first kappa shape index (κ1) is 13.0. The predicted molar refractivity (Wildman–Crippen MR) is 68.1 cm³/mol. The van der Waals surface area contributed by atoms with Crippen molar-refractivity contribution in [2.45, 2.75) is 11.4 Å². The van der Waals surface area contributed by atoms with E-state index < -0.39 is 12.0 Å². The summed E-state index contributed by atoms with van der Waals surface area (Å²) in [6, 6.07) is 7.25. The van der Waals surface area contributed by atoms with Gasteiger partial charge in [0.1, 0.15) is 24.4 Å². The number of ether oxygens (including phenoxy) is 1. The highest BCUT2D eigenvalue weighted by molar-refractivity contribution is 7.99. The Morgan fingerprint density at radius 2 is 2.28 bits per heavy atom. The van der Waals surface area contributed by atoms with E-state index in [0.717, 1.165) is 11.3 Å². The average molecular weight is 265 g/mol. The molecule has 1 aliphatic heterocycles. The summed E-state index contributed by atoms with van der Waals surface area (Å²) in [5, 5.41) is 12.7. The van der Waals surface area contributed by atoms with Gasteiger partial charge in [-0.15, -0.1) is 0 Å². The van der Waals surface area contributed by atoms with Crippen molar-refractivity contribution < 1.29 is 20.0 Å². The summed E-state index contributed by atoms with van der Waals surface area (Å²) in [6.07, 6.45) is 1.69. The molecular formula is C13H15NO3S. The first-order valence-corrected chi connectivity index (χ1v) is 6.76. The Labute approximate surface area is 110 Å². The lowest BCUT2D eigenvalue weighted by molar-refractivity contribution is -0.690. The maximum atomic E-state index is 10.8. The minimum Gasteiger partial charge on any atom is -0.544 e. The summed E-state index contributed by atoms with van der Waals surface area (Å²) in [5.74, 6) is 0.385. The van der Waals surface area contributed by atoms with E-state index in [2.05, 4.69) is 6.58 Å². The number of benzene rings is 1. The Hall–Kier alpha value is -1.46. The van der Waals surface area contributed by atoms with Crippen LogP contribution in [0.5, 0.6) is 5.75 Å². The zero-order chi connectivity index (χ0) is 13.0. The largest absolute Gasteiger partial charge is 0.544 e. The van der Waals surface area contributed by atoms with Crippen molar-refractivity contribution in [3.63, 3.8) is 0 Å². The molecule has 1 heterocycles. The summed E-state index contributed by atoms with van der Waals surface area (Å²) in [7, 11) is 0. The number of aliphatic carboxylic acids is 1. The Balaban J connectivity index is 1.98. The lowest BCUT2D eigenvalue weighted by atomic mass is 10.2.